The maximum absolute atomic E-state index is 10.1. The molecule has 0 unspecified atom stereocenters. The first kappa shape index (κ1) is 12.6. The fourth-order valence-corrected chi connectivity index (χ4v) is 2.37. The molecule has 0 aromatic heterocycles. The number of nitrogens with one attached hydrogen (secondary N) is 1. The average molecular weight is 233 g/mol. The molecule has 94 valence electrons. The number of benzene rings is 1. The summed E-state index contributed by atoms with van der Waals surface area (Å²) >= 11 is 0. The maximum atomic E-state index is 10.1. The number of hydrogen-bond donors (Lipinski definition) is 2. The van der Waals surface area contributed by atoms with E-state index in [0.29, 0.717) is 12.6 Å². The van der Waals surface area contributed by atoms with Crippen LogP contribution in [-0.2, 0) is 12.8 Å². The molecule has 2 N–H and O–H groups in total. The molecule has 0 bridgehead atoms. The molecule has 0 spiro atoms. The number of fused-ring (bicyclic) bond motifs is 1. The van der Waals surface area contributed by atoms with Crippen LogP contribution in [0.15, 0.2) is 18.2 Å². The molecule has 0 heterocycles. The molecule has 2 rings (SSSR count). The quantitative estimate of drug-likeness (QED) is 0.819. The van der Waals surface area contributed by atoms with E-state index in [4.69, 9.17) is 0 Å². The maximum Gasteiger partial charge on any atom is 0.0914 e. The van der Waals surface area contributed by atoms with Crippen LogP contribution in [0.1, 0.15) is 49.5 Å². The lowest BCUT2D eigenvalue weighted by Crippen LogP contribution is -2.29. The summed E-state index contributed by atoms with van der Waals surface area (Å²) in [6.07, 6.45) is 4.36. The average Bonchev–Trinajstić information content (AvgIpc) is 2.82. The molecule has 1 aliphatic rings. The highest BCUT2D eigenvalue weighted by atomic mass is 16.3. The van der Waals surface area contributed by atoms with Gasteiger partial charge in [0, 0.05) is 12.6 Å². The summed E-state index contributed by atoms with van der Waals surface area (Å²) in [7, 11) is 0. The minimum absolute atomic E-state index is 0.380. The van der Waals surface area contributed by atoms with E-state index in [-0.39, 0.29) is 6.10 Å². The van der Waals surface area contributed by atoms with Crippen molar-refractivity contribution in [3.05, 3.63) is 34.9 Å². The van der Waals surface area contributed by atoms with Gasteiger partial charge in [0.1, 0.15) is 0 Å². The van der Waals surface area contributed by atoms with Gasteiger partial charge in [-0.3, -0.25) is 0 Å². The number of rotatable bonds is 5. The van der Waals surface area contributed by atoms with Crippen molar-refractivity contribution < 1.29 is 5.11 Å². The normalized spacial score (nSPS) is 17.8. The number of aliphatic hydroxyl groups is 1. The lowest BCUT2D eigenvalue weighted by atomic mass is 10.0. The smallest absolute Gasteiger partial charge is 0.0914 e. The fraction of sp³-hybridized carbons (Fsp3) is 0.600. The molecule has 0 amide bonds. The molecule has 17 heavy (non-hydrogen) atoms. The summed E-state index contributed by atoms with van der Waals surface area (Å²) in [6.45, 7) is 4.95. The molecule has 0 fully saturated rings. The van der Waals surface area contributed by atoms with Crippen LogP contribution < -0.4 is 5.32 Å². The highest BCUT2D eigenvalue weighted by molar-refractivity contribution is 5.36. The predicted molar refractivity (Wildman–Crippen MR) is 71.2 cm³/mol. The number of hydrogen-bond acceptors (Lipinski definition) is 2. The van der Waals surface area contributed by atoms with E-state index in [9.17, 15) is 5.11 Å². The van der Waals surface area contributed by atoms with Crippen molar-refractivity contribution in [3.8, 4) is 0 Å². The predicted octanol–water partition coefficient (Wildman–Crippen LogP) is 2.60. The van der Waals surface area contributed by atoms with Crippen LogP contribution in [0.4, 0.5) is 0 Å². The first-order valence-corrected chi connectivity index (χ1v) is 6.74. The van der Waals surface area contributed by atoms with Gasteiger partial charge in [0.25, 0.3) is 0 Å². The van der Waals surface area contributed by atoms with E-state index < -0.39 is 0 Å². The third-order valence-corrected chi connectivity index (χ3v) is 3.78. The van der Waals surface area contributed by atoms with E-state index in [0.717, 1.165) is 12.0 Å². The van der Waals surface area contributed by atoms with Crippen molar-refractivity contribution in [1.29, 1.82) is 0 Å². The summed E-state index contributed by atoms with van der Waals surface area (Å²) in [5, 5.41) is 13.5. The van der Waals surface area contributed by atoms with Crippen LogP contribution >= 0.6 is 0 Å². The Hall–Kier alpha value is -0.860. The van der Waals surface area contributed by atoms with Gasteiger partial charge in [-0.25, -0.2) is 0 Å². The summed E-state index contributed by atoms with van der Waals surface area (Å²) in [4.78, 5) is 0. The van der Waals surface area contributed by atoms with Crippen LogP contribution in [0.25, 0.3) is 0 Å². The monoisotopic (exact) mass is 233 g/mol. The van der Waals surface area contributed by atoms with Crippen LogP contribution in [0.5, 0.6) is 0 Å². The van der Waals surface area contributed by atoms with Gasteiger partial charge >= 0.3 is 0 Å². The Morgan fingerprint density at radius 1 is 1.29 bits per heavy atom. The largest absolute Gasteiger partial charge is 0.387 e. The summed E-state index contributed by atoms with van der Waals surface area (Å²) < 4.78 is 0. The Morgan fingerprint density at radius 3 is 2.82 bits per heavy atom. The third kappa shape index (κ3) is 3.08. The Balaban J connectivity index is 1.97. The van der Waals surface area contributed by atoms with Crippen LogP contribution in [0.2, 0.25) is 0 Å². The molecule has 1 aliphatic carbocycles. The van der Waals surface area contributed by atoms with Gasteiger partial charge in [-0.1, -0.05) is 25.1 Å². The first-order valence-electron chi connectivity index (χ1n) is 6.74. The Morgan fingerprint density at radius 2 is 2.06 bits per heavy atom. The molecule has 2 nitrogen and oxygen atoms in total. The van der Waals surface area contributed by atoms with Crippen molar-refractivity contribution in [2.45, 2.75) is 51.7 Å². The Bertz CT molecular complexity index is 375. The van der Waals surface area contributed by atoms with E-state index in [1.54, 1.807) is 0 Å². The second-order valence-corrected chi connectivity index (χ2v) is 5.12. The number of aliphatic hydroxyl groups excluding tert-OH is 1. The molecule has 0 saturated heterocycles. The third-order valence-electron chi connectivity index (χ3n) is 3.78. The topological polar surface area (TPSA) is 32.3 Å². The zero-order valence-corrected chi connectivity index (χ0v) is 10.9. The van der Waals surface area contributed by atoms with Crippen LogP contribution in [0, 0.1) is 0 Å². The first-order chi connectivity index (χ1) is 8.20. The molecule has 1 aromatic carbocycles. The summed E-state index contributed by atoms with van der Waals surface area (Å²) in [5.74, 6) is 0. The Kier molecular flexibility index (Phi) is 4.19. The van der Waals surface area contributed by atoms with Crippen LogP contribution in [0.3, 0.4) is 0 Å². The fourth-order valence-electron chi connectivity index (χ4n) is 2.37. The zero-order valence-electron chi connectivity index (χ0n) is 10.9. The molecule has 0 aliphatic heterocycles. The van der Waals surface area contributed by atoms with Gasteiger partial charge in [-0.2, -0.15) is 0 Å². The minimum Gasteiger partial charge on any atom is -0.387 e. The highest BCUT2D eigenvalue weighted by Gasteiger charge is 2.14. The van der Waals surface area contributed by atoms with E-state index in [1.807, 2.05) is 0 Å². The molecular weight excluding hydrogens is 210 g/mol. The molecule has 1 aromatic rings. The van der Waals surface area contributed by atoms with Gasteiger partial charge in [0.2, 0.25) is 0 Å². The molecule has 2 atom stereocenters. The molecule has 0 radical (unpaired) electrons. The van der Waals surface area contributed by atoms with Gasteiger partial charge in [-0.15, -0.1) is 0 Å². The van der Waals surface area contributed by atoms with Crippen molar-refractivity contribution in [2.75, 3.05) is 6.54 Å². The van der Waals surface area contributed by atoms with Crippen molar-refractivity contribution in [2.24, 2.45) is 0 Å². The number of aryl methyl sites for hydroxylation is 2. The SMILES string of the molecule is CC[C@@H](C)NC[C@@H](O)c1ccc2c(c1)CCC2. The van der Waals surface area contributed by atoms with E-state index in [2.05, 4.69) is 37.4 Å². The van der Waals surface area contributed by atoms with Gasteiger partial charge in [0.15, 0.2) is 0 Å². The molecular formula is C15H23NO. The van der Waals surface area contributed by atoms with E-state index in [1.165, 1.54) is 30.4 Å². The lowest BCUT2D eigenvalue weighted by Gasteiger charge is -2.16. The summed E-state index contributed by atoms with van der Waals surface area (Å²) in [6, 6.07) is 6.92. The van der Waals surface area contributed by atoms with Gasteiger partial charge in [-0.05, 0) is 49.3 Å². The second kappa shape index (κ2) is 5.65. The second-order valence-electron chi connectivity index (χ2n) is 5.12. The molecule has 2 heteroatoms. The minimum atomic E-state index is -0.380. The summed E-state index contributed by atoms with van der Waals surface area (Å²) in [5.41, 5.74) is 3.96. The highest BCUT2D eigenvalue weighted by Crippen LogP contribution is 2.25. The zero-order chi connectivity index (χ0) is 12.3. The van der Waals surface area contributed by atoms with E-state index >= 15 is 0 Å². The van der Waals surface area contributed by atoms with Crippen molar-refractivity contribution in [1.82, 2.24) is 5.32 Å². The van der Waals surface area contributed by atoms with Crippen LogP contribution in [-0.4, -0.2) is 17.7 Å². The molecule has 0 saturated carbocycles. The Labute approximate surface area is 104 Å². The van der Waals surface area contributed by atoms with Gasteiger partial charge in [0.05, 0.1) is 6.10 Å². The van der Waals surface area contributed by atoms with Crippen molar-refractivity contribution >= 4 is 0 Å². The van der Waals surface area contributed by atoms with Gasteiger partial charge < -0.3 is 10.4 Å². The van der Waals surface area contributed by atoms with Crippen molar-refractivity contribution in [3.63, 3.8) is 0 Å². The standard InChI is InChI=1S/C15H23NO/c1-3-11(2)16-10-15(17)14-8-7-12-5-4-6-13(12)9-14/h7-9,11,15-17H,3-6,10H2,1-2H3/t11-,15-/m1/s1. The lowest BCUT2D eigenvalue weighted by molar-refractivity contribution is 0.170.